The predicted octanol–water partition coefficient (Wildman–Crippen LogP) is 4.63. The zero-order valence-electron chi connectivity index (χ0n) is 16.9. The number of aryl methyl sites for hydroxylation is 1. The molecular weight excluding hydrogens is 416 g/mol. The molecule has 0 aliphatic carbocycles. The zero-order chi connectivity index (χ0) is 20.5. The van der Waals surface area contributed by atoms with E-state index in [1.54, 1.807) is 11.8 Å². The van der Waals surface area contributed by atoms with Crippen LogP contribution in [0.2, 0.25) is 0 Å². The van der Waals surface area contributed by atoms with Crippen LogP contribution in [0, 0.1) is 6.92 Å². The Morgan fingerprint density at radius 1 is 1.11 bits per heavy atom. The quantitative estimate of drug-likeness (QED) is 0.572. The van der Waals surface area contributed by atoms with Crippen molar-refractivity contribution in [2.24, 2.45) is 0 Å². The normalized spacial score (nSPS) is 11.7. The van der Waals surface area contributed by atoms with Gasteiger partial charge in [-0.25, -0.2) is 0 Å². The fourth-order valence-electron chi connectivity index (χ4n) is 2.98. The van der Waals surface area contributed by atoms with Crippen LogP contribution < -0.4 is 5.32 Å². The largest absolute Gasteiger partial charge is 0.354 e. The van der Waals surface area contributed by atoms with Gasteiger partial charge in [-0.1, -0.05) is 65.7 Å². The summed E-state index contributed by atoms with van der Waals surface area (Å²) < 4.78 is 0.986. The van der Waals surface area contributed by atoms with E-state index in [1.165, 1.54) is 0 Å². The Labute approximate surface area is 176 Å². The van der Waals surface area contributed by atoms with Gasteiger partial charge >= 0.3 is 0 Å². The van der Waals surface area contributed by atoms with Crippen LogP contribution in [0.4, 0.5) is 0 Å². The molecule has 28 heavy (non-hydrogen) atoms. The molecule has 1 N–H and O–H groups in total. The van der Waals surface area contributed by atoms with E-state index in [0.717, 1.165) is 34.0 Å². The van der Waals surface area contributed by atoms with Crippen molar-refractivity contribution in [1.29, 1.82) is 0 Å². The Balaban J connectivity index is 2.18. The van der Waals surface area contributed by atoms with Crippen molar-refractivity contribution in [2.75, 3.05) is 6.54 Å². The molecule has 5 heteroatoms. The zero-order valence-corrected chi connectivity index (χ0v) is 18.5. The Kier molecular flexibility index (Phi) is 8.71. The molecule has 0 spiro atoms. The Morgan fingerprint density at radius 2 is 1.79 bits per heavy atom. The topological polar surface area (TPSA) is 49.4 Å². The highest BCUT2D eigenvalue weighted by Gasteiger charge is 2.26. The average Bonchev–Trinajstić information content (AvgIpc) is 2.68. The van der Waals surface area contributed by atoms with Crippen molar-refractivity contribution in [3.63, 3.8) is 0 Å². The molecule has 0 aliphatic rings. The van der Waals surface area contributed by atoms with Crippen LogP contribution in [-0.2, 0) is 22.6 Å². The molecule has 2 amide bonds. The lowest BCUT2D eigenvalue weighted by Gasteiger charge is -2.29. The maximum Gasteiger partial charge on any atom is 0.242 e. The second kappa shape index (κ2) is 11.0. The standard InChI is InChI=1S/C23H29BrN2O2/c1-4-5-14-25-23(28)18(3)26(16-19-10-12-21(24)13-11-19)22(27)15-20-9-7-6-8-17(20)2/h6-13,18H,4-5,14-16H2,1-3H3,(H,25,28). The molecule has 2 rings (SSSR count). The van der Waals surface area contributed by atoms with E-state index in [0.29, 0.717) is 13.1 Å². The van der Waals surface area contributed by atoms with Crippen LogP contribution in [0.25, 0.3) is 0 Å². The summed E-state index contributed by atoms with van der Waals surface area (Å²) in [6.07, 6.45) is 2.24. The summed E-state index contributed by atoms with van der Waals surface area (Å²) in [5.74, 6) is -0.154. The van der Waals surface area contributed by atoms with Gasteiger partial charge in [0.1, 0.15) is 6.04 Å². The number of carbonyl (C=O) groups excluding carboxylic acids is 2. The molecule has 4 nitrogen and oxygen atoms in total. The number of carbonyl (C=O) groups is 2. The molecule has 1 unspecified atom stereocenters. The van der Waals surface area contributed by atoms with Gasteiger partial charge < -0.3 is 10.2 Å². The van der Waals surface area contributed by atoms with E-state index in [-0.39, 0.29) is 18.2 Å². The molecule has 0 saturated heterocycles. The average molecular weight is 445 g/mol. The summed E-state index contributed by atoms with van der Waals surface area (Å²) in [7, 11) is 0. The minimum Gasteiger partial charge on any atom is -0.354 e. The second-order valence-electron chi connectivity index (χ2n) is 7.07. The van der Waals surface area contributed by atoms with Gasteiger partial charge in [0.05, 0.1) is 6.42 Å². The van der Waals surface area contributed by atoms with Crippen LogP contribution in [0.3, 0.4) is 0 Å². The number of halogens is 1. The van der Waals surface area contributed by atoms with E-state index in [1.807, 2.05) is 55.5 Å². The molecule has 150 valence electrons. The molecular formula is C23H29BrN2O2. The molecule has 2 aromatic carbocycles. The number of hydrogen-bond acceptors (Lipinski definition) is 2. The number of unbranched alkanes of at least 4 members (excludes halogenated alkanes) is 1. The third-order valence-corrected chi connectivity index (χ3v) is 5.39. The first kappa shape index (κ1) is 22.2. The van der Waals surface area contributed by atoms with Crippen LogP contribution in [0.15, 0.2) is 53.0 Å². The van der Waals surface area contributed by atoms with Gasteiger partial charge in [0.15, 0.2) is 0 Å². The van der Waals surface area contributed by atoms with Gasteiger partial charge in [0, 0.05) is 17.6 Å². The van der Waals surface area contributed by atoms with Gasteiger partial charge in [0.25, 0.3) is 0 Å². The van der Waals surface area contributed by atoms with Gasteiger partial charge in [-0.2, -0.15) is 0 Å². The highest BCUT2D eigenvalue weighted by atomic mass is 79.9. The third kappa shape index (κ3) is 6.48. The van der Waals surface area contributed by atoms with Gasteiger partial charge in [-0.15, -0.1) is 0 Å². The van der Waals surface area contributed by atoms with E-state index >= 15 is 0 Å². The van der Waals surface area contributed by atoms with Gasteiger partial charge in [-0.05, 0) is 49.1 Å². The van der Waals surface area contributed by atoms with Gasteiger partial charge in [-0.3, -0.25) is 9.59 Å². The van der Waals surface area contributed by atoms with Crippen LogP contribution in [0.5, 0.6) is 0 Å². The lowest BCUT2D eigenvalue weighted by molar-refractivity contribution is -0.140. The first-order valence-electron chi connectivity index (χ1n) is 9.78. The molecule has 0 aliphatic heterocycles. The van der Waals surface area contributed by atoms with Crippen molar-refractivity contribution < 1.29 is 9.59 Å². The van der Waals surface area contributed by atoms with Crippen LogP contribution in [0.1, 0.15) is 43.4 Å². The van der Waals surface area contributed by atoms with Crippen molar-refractivity contribution in [2.45, 2.75) is 52.6 Å². The number of benzene rings is 2. The van der Waals surface area contributed by atoms with Crippen molar-refractivity contribution in [3.05, 3.63) is 69.7 Å². The number of hydrogen-bond donors (Lipinski definition) is 1. The summed E-state index contributed by atoms with van der Waals surface area (Å²) in [4.78, 5) is 27.4. The van der Waals surface area contributed by atoms with Crippen molar-refractivity contribution >= 4 is 27.7 Å². The number of amides is 2. The van der Waals surface area contributed by atoms with Crippen LogP contribution in [-0.4, -0.2) is 29.3 Å². The molecule has 0 radical (unpaired) electrons. The van der Waals surface area contributed by atoms with E-state index in [2.05, 4.69) is 28.2 Å². The summed E-state index contributed by atoms with van der Waals surface area (Å²) in [5.41, 5.74) is 3.07. The lowest BCUT2D eigenvalue weighted by Crippen LogP contribution is -2.48. The maximum atomic E-state index is 13.1. The Morgan fingerprint density at radius 3 is 2.43 bits per heavy atom. The molecule has 2 aromatic rings. The minimum atomic E-state index is -0.531. The summed E-state index contributed by atoms with van der Waals surface area (Å²) >= 11 is 3.44. The SMILES string of the molecule is CCCCNC(=O)C(C)N(Cc1ccc(Br)cc1)C(=O)Cc1ccccc1C. The number of nitrogens with zero attached hydrogens (tertiary/aromatic N) is 1. The second-order valence-corrected chi connectivity index (χ2v) is 7.99. The minimum absolute atomic E-state index is 0.0460. The number of nitrogens with one attached hydrogen (secondary N) is 1. The first-order chi connectivity index (χ1) is 13.4. The molecule has 0 saturated carbocycles. The highest BCUT2D eigenvalue weighted by Crippen LogP contribution is 2.16. The Hall–Kier alpha value is -2.14. The highest BCUT2D eigenvalue weighted by molar-refractivity contribution is 9.10. The van der Waals surface area contributed by atoms with E-state index in [9.17, 15) is 9.59 Å². The molecule has 0 heterocycles. The third-order valence-electron chi connectivity index (χ3n) is 4.87. The molecule has 0 fully saturated rings. The molecule has 1 atom stereocenters. The fraction of sp³-hybridized carbons (Fsp3) is 0.391. The fourth-order valence-corrected chi connectivity index (χ4v) is 3.24. The number of rotatable bonds is 9. The molecule has 0 bridgehead atoms. The van der Waals surface area contributed by atoms with Crippen LogP contribution >= 0.6 is 15.9 Å². The van der Waals surface area contributed by atoms with Crippen molar-refractivity contribution in [1.82, 2.24) is 10.2 Å². The summed E-state index contributed by atoms with van der Waals surface area (Å²) in [6.45, 7) is 6.93. The van der Waals surface area contributed by atoms with E-state index in [4.69, 9.17) is 0 Å². The molecule has 0 aromatic heterocycles. The maximum absolute atomic E-state index is 13.1. The lowest BCUT2D eigenvalue weighted by atomic mass is 10.0. The summed E-state index contributed by atoms with van der Waals surface area (Å²) in [5, 5.41) is 2.95. The first-order valence-corrected chi connectivity index (χ1v) is 10.6. The monoisotopic (exact) mass is 444 g/mol. The predicted molar refractivity (Wildman–Crippen MR) is 117 cm³/mol. The van der Waals surface area contributed by atoms with E-state index < -0.39 is 6.04 Å². The summed E-state index contributed by atoms with van der Waals surface area (Å²) in [6, 6.07) is 15.2. The van der Waals surface area contributed by atoms with Crippen molar-refractivity contribution in [3.8, 4) is 0 Å². The smallest absolute Gasteiger partial charge is 0.242 e. The Bertz CT molecular complexity index is 789. The van der Waals surface area contributed by atoms with Gasteiger partial charge in [0.2, 0.25) is 11.8 Å².